The van der Waals surface area contributed by atoms with Gasteiger partial charge in [0.25, 0.3) is 0 Å². The molecule has 0 atom stereocenters. The van der Waals surface area contributed by atoms with E-state index in [1.807, 2.05) is 0 Å². The van der Waals surface area contributed by atoms with E-state index in [-0.39, 0.29) is 24.0 Å². The molecule has 0 saturated carbocycles. The Hall–Kier alpha value is -1.88. The quantitative estimate of drug-likeness (QED) is 0.449. The molecule has 0 saturated heterocycles. The third-order valence-electron chi connectivity index (χ3n) is 4.16. The van der Waals surface area contributed by atoms with Gasteiger partial charge in [0.05, 0.1) is 5.39 Å². The minimum Gasteiger partial charge on any atom is -1.00 e. The van der Waals surface area contributed by atoms with E-state index in [0.717, 1.165) is 6.54 Å². The maximum absolute atomic E-state index is 2.28. The van der Waals surface area contributed by atoms with E-state index in [4.69, 9.17) is 0 Å². The summed E-state index contributed by atoms with van der Waals surface area (Å²) in [4.78, 5) is 2.11. The fourth-order valence-corrected chi connectivity index (χ4v) is 2.80. The number of para-hydroxylation sites is 1. The molecule has 24 heavy (non-hydrogen) atoms. The number of nitrogens with zero attached hydrogens (tertiary/aromatic N) is 2. The number of aryl methyl sites for hydroxylation is 1. The minimum absolute atomic E-state index is 0. The van der Waals surface area contributed by atoms with Crippen LogP contribution in [0.1, 0.15) is 18.1 Å². The number of rotatable bonds is 4. The highest BCUT2D eigenvalue weighted by molar-refractivity contribution is 5.88. The van der Waals surface area contributed by atoms with Crippen LogP contribution in [0.2, 0.25) is 0 Å². The zero-order valence-electron chi connectivity index (χ0n) is 14.4. The first-order chi connectivity index (χ1) is 11.2. The first-order valence-corrected chi connectivity index (χ1v) is 8.05. The zero-order valence-corrected chi connectivity index (χ0v) is 16.6. The molecule has 2 aromatic carbocycles. The molecule has 0 aliphatic rings. The first-order valence-electron chi connectivity index (χ1n) is 8.05. The molecule has 0 amide bonds. The third-order valence-corrected chi connectivity index (χ3v) is 4.16. The van der Waals surface area contributed by atoms with Crippen LogP contribution in [-0.4, -0.2) is 14.1 Å². The summed E-state index contributed by atoms with van der Waals surface area (Å²) in [5.41, 5.74) is 4.96. The van der Waals surface area contributed by atoms with E-state index in [1.165, 1.54) is 27.7 Å². The molecular weight excluding hydrogens is 407 g/mol. The van der Waals surface area contributed by atoms with Gasteiger partial charge in [-0.25, -0.2) is 0 Å². The van der Waals surface area contributed by atoms with Gasteiger partial charge in [0.15, 0.2) is 6.20 Å². The Bertz CT molecular complexity index is 836. The standard InChI is InChI=1S/C21H23N2.HI/c1-4-23-16-15-18(20-7-5-6-8-21(20)23)12-9-17-10-13-19(14-11-17)22(2)3;/h5-16H,4H2,1-3H3;1H/q+1;/p-1. The van der Waals surface area contributed by atoms with Gasteiger partial charge in [-0.1, -0.05) is 36.4 Å². The Balaban J connectivity index is 0.00000208. The molecule has 0 spiro atoms. The molecule has 1 heterocycles. The third kappa shape index (κ3) is 3.96. The molecule has 124 valence electrons. The normalized spacial score (nSPS) is 10.8. The Morgan fingerprint density at radius 3 is 2.29 bits per heavy atom. The number of aromatic nitrogens is 1. The van der Waals surface area contributed by atoms with Crippen molar-refractivity contribution < 1.29 is 28.5 Å². The predicted octanol–water partition coefficient (Wildman–Crippen LogP) is 1.39. The van der Waals surface area contributed by atoms with E-state index >= 15 is 0 Å². The van der Waals surface area contributed by atoms with E-state index < -0.39 is 0 Å². The van der Waals surface area contributed by atoms with Crippen molar-refractivity contribution in [3.05, 3.63) is 71.9 Å². The second-order valence-electron chi connectivity index (χ2n) is 5.89. The molecule has 0 aliphatic carbocycles. The van der Waals surface area contributed by atoms with Crippen LogP contribution in [0.15, 0.2) is 60.8 Å². The van der Waals surface area contributed by atoms with Gasteiger partial charge in [0.1, 0.15) is 6.54 Å². The number of halogens is 1. The molecule has 2 nitrogen and oxygen atoms in total. The van der Waals surface area contributed by atoms with Gasteiger partial charge in [0.2, 0.25) is 5.52 Å². The smallest absolute Gasteiger partial charge is 0.213 e. The van der Waals surface area contributed by atoms with Gasteiger partial charge >= 0.3 is 0 Å². The van der Waals surface area contributed by atoms with Crippen molar-refractivity contribution in [3.8, 4) is 0 Å². The lowest BCUT2D eigenvalue weighted by atomic mass is 10.1. The van der Waals surface area contributed by atoms with Crippen LogP contribution in [0.25, 0.3) is 23.1 Å². The first kappa shape index (κ1) is 18.5. The summed E-state index contributed by atoms with van der Waals surface area (Å²) >= 11 is 0. The van der Waals surface area contributed by atoms with Crippen molar-refractivity contribution in [2.24, 2.45) is 0 Å². The Morgan fingerprint density at radius 1 is 0.917 bits per heavy atom. The topological polar surface area (TPSA) is 7.12 Å². The minimum atomic E-state index is 0. The fourth-order valence-electron chi connectivity index (χ4n) is 2.80. The molecule has 3 rings (SSSR count). The molecular formula is C21H23IN2. The Labute approximate surface area is 161 Å². The number of hydrogen-bond donors (Lipinski definition) is 0. The number of anilines is 1. The molecule has 3 aromatic rings. The van der Waals surface area contributed by atoms with Crippen LogP contribution in [0.3, 0.4) is 0 Å². The van der Waals surface area contributed by atoms with E-state index in [1.54, 1.807) is 0 Å². The highest BCUT2D eigenvalue weighted by Gasteiger charge is 2.08. The zero-order chi connectivity index (χ0) is 16.2. The summed E-state index contributed by atoms with van der Waals surface area (Å²) in [5, 5.41) is 1.29. The second-order valence-corrected chi connectivity index (χ2v) is 5.89. The van der Waals surface area contributed by atoms with E-state index in [0.29, 0.717) is 0 Å². The molecule has 1 aromatic heterocycles. The predicted molar refractivity (Wildman–Crippen MR) is 99.5 cm³/mol. The maximum atomic E-state index is 2.28. The number of benzene rings is 2. The molecule has 0 fully saturated rings. The van der Waals surface area contributed by atoms with Gasteiger partial charge in [-0.3, -0.25) is 0 Å². The Kier molecular flexibility index (Phi) is 6.37. The van der Waals surface area contributed by atoms with Crippen molar-refractivity contribution in [2.75, 3.05) is 19.0 Å². The van der Waals surface area contributed by atoms with Crippen LogP contribution >= 0.6 is 0 Å². The van der Waals surface area contributed by atoms with Gasteiger partial charge in [-0.15, -0.1) is 0 Å². The van der Waals surface area contributed by atoms with Crippen LogP contribution in [0.5, 0.6) is 0 Å². The van der Waals surface area contributed by atoms with Crippen molar-refractivity contribution >= 4 is 28.7 Å². The molecule has 0 radical (unpaired) electrons. The van der Waals surface area contributed by atoms with E-state index in [2.05, 4.69) is 103 Å². The SMILES string of the molecule is CC[n+]1ccc(C=Cc2ccc(N(C)C)cc2)c2ccccc21.[I-]. The van der Waals surface area contributed by atoms with E-state index in [9.17, 15) is 0 Å². The average molecular weight is 430 g/mol. The average Bonchev–Trinajstić information content (AvgIpc) is 2.60. The number of pyridine rings is 1. The largest absolute Gasteiger partial charge is 1.00 e. The van der Waals surface area contributed by atoms with Crippen molar-refractivity contribution in [1.29, 1.82) is 0 Å². The second kappa shape index (κ2) is 8.29. The summed E-state index contributed by atoms with van der Waals surface area (Å²) < 4.78 is 2.28. The van der Waals surface area contributed by atoms with Crippen LogP contribution in [0, 0.1) is 0 Å². The maximum Gasteiger partial charge on any atom is 0.213 e. The van der Waals surface area contributed by atoms with Crippen molar-refractivity contribution in [2.45, 2.75) is 13.5 Å². The lowest BCUT2D eigenvalue weighted by Crippen LogP contribution is -3.00. The summed E-state index contributed by atoms with van der Waals surface area (Å²) in [6, 6.07) is 19.4. The lowest BCUT2D eigenvalue weighted by molar-refractivity contribution is -0.667. The molecule has 0 bridgehead atoms. The van der Waals surface area contributed by atoms with Crippen LogP contribution in [0.4, 0.5) is 5.69 Å². The summed E-state index contributed by atoms with van der Waals surface area (Å²) in [6.45, 7) is 3.16. The molecule has 0 unspecified atom stereocenters. The van der Waals surface area contributed by atoms with Crippen LogP contribution < -0.4 is 33.4 Å². The van der Waals surface area contributed by atoms with Gasteiger partial charge in [-0.2, -0.15) is 4.57 Å². The summed E-state index contributed by atoms with van der Waals surface area (Å²) in [5.74, 6) is 0. The molecule has 0 N–H and O–H groups in total. The Morgan fingerprint density at radius 2 is 1.62 bits per heavy atom. The van der Waals surface area contributed by atoms with Gasteiger partial charge < -0.3 is 28.9 Å². The van der Waals surface area contributed by atoms with Gasteiger partial charge in [-0.05, 0) is 36.2 Å². The fraction of sp³-hybridized carbons (Fsp3) is 0.190. The molecule has 0 aliphatic heterocycles. The van der Waals surface area contributed by atoms with Crippen LogP contribution in [-0.2, 0) is 6.54 Å². The highest BCUT2D eigenvalue weighted by Crippen LogP contribution is 2.19. The number of hydrogen-bond acceptors (Lipinski definition) is 1. The summed E-state index contributed by atoms with van der Waals surface area (Å²) in [6.07, 6.45) is 6.54. The highest BCUT2D eigenvalue weighted by atomic mass is 127. The number of fused-ring (bicyclic) bond motifs is 1. The summed E-state index contributed by atoms with van der Waals surface area (Å²) in [7, 11) is 4.12. The monoisotopic (exact) mass is 430 g/mol. The van der Waals surface area contributed by atoms with Gasteiger partial charge in [0, 0.05) is 31.9 Å². The van der Waals surface area contributed by atoms with Crippen molar-refractivity contribution in [1.82, 2.24) is 0 Å². The van der Waals surface area contributed by atoms with Crippen molar-refractivity contribution in [3.63, 3.8) is 0 Å². The molecule has 3 heteroatoms. The lowest BCUT2D eigenvalue weighted by Gasteiger charge is -2.11.